The summed E-state index contributed by atoms with van der Waals surface area (Å²) in [5, 5.41) is 2.45. The number of carbonyl (C=O) groups is 1. The molecule has 0 aliphatic carbocycles. The van der Waals surface area contributed by atoms with Crippen LogP contribution in [0.3, 0.4) is 0 Å². The second kappa shape index (κ2) is 13.0. The molecule has 0 fully saturated rings. The van der Waals surface area contributed by atoms with Gasteiger partial charge in [0.15, 0.2) is 13.2 Å². The van der Waals surface area contributed by atoms with E-state index in [0.29, 0.717) is 16.9 Å². The van der Waals surface area contributed by atoms with Crippen LogP contribution in [0.1, 0.15) is 28.5 Å². The Morgan fingerprint density at radius 1 is 0.837 bits per heavy atom. The molecule has 1 amide bonds. The van der Waals surface area contributed by atoms with E-state index in [9.17, 15) is 31.1 Å². The minimum atomic E-state index is -4.70. The maximum absolute atomic E-state index is 13.1. The molecule has 0 aliphatic heterocycles. The fourth-order valence-electron chi connectivity index (χ4n) is 3.83. The Kier molecular flexibility index (Phi) is 9.42. The molecular formula is C30H25F6N3O4. The second-order valence-electron chi connectivity index (χ2n) is 9.28. The number of rotatable bonds is 10. The van der Waals surface area contributed by atoms with Gasteiger partial charge < -0.3 is 19.5 Å². The van der Waals surface area contributed by atoms with Gasteiger partial charge in [0.1, 0.15) is 17.2 Å². The number of carbonyl (C=O) groups excluding carboxylic acids is 1. The Morgan fingerprint density at radius 3 is 2.14 bits per heavy atom. The lowest BCUT2D eigenvalue weighted by atomic mass is 10.1. The zero-order valence-electron chi connectivity index (χ0n) is 22.8. The summed E-state index contributed by atoms with van der Waals surface area (Å²) in [5.74, 6) is -1.05. The number of halogens is 6. The summed E-state index contributed by atoms with van der Waals surface area (Å²) in [6, 6.07) is 14.8. The summed E-state index contributed by atoms with van der Waals surface area (Å²) in [5.41, 5.74) is 3.01. The highest BCUT2D eigenvalue weighted by Gasteiger charge is 2.30. The van der Waals surface area contributed by atoms with Crippen molar-refractivity contribution < 1.29 is 45.3 Å². The van der Waals surface area contributed by atoms with Gasteiger partial charge in [-0.2, -0.15) is 26.3 Å². The summed E-state index contributed by atoms with van der Waals surface area (Å²) in [6.07, 6.45) is -5.43. The highest BCUT2D eigenvalue weighted by molar-refractivity contribution is 6.04. The first-order valence-electron chi connectivity index (χ1n) is 12.8. The first-order chi connectivity index (χ1) is 20.3. The van der Waals surface area contributed by atoms with Gasteiger partial charge in [0.25, 0.3) is 5.91 Å². The number of hydrogen-bond donors (Lipinski definition) is 1. The van der Waals surface area contributed by atoms with Crippen LogP contribution in [0.2, 0.25) is 0 Å². The molecule has 4 aromatic rings. The smallest absolute Gasteiger partial charge is 0.422 e. The first-order valence-corrected chi connectivity index (χ1v) is 12.8. The Balaban J connectivity index is 1.58. The van der Waals surface area contributed by atoms with E-state index in [1.54, 1.807) is 31.5 Å². The average Bonchev–Trinajstić information content (AvgIpc) is 2.95. The number of ether oxygens (including phenoxy) is 3. The summed E-state index contributed by atoms with van der Waals surface area (Å²) in [6.45, 7) is 0.342. The lowest BCUT2D eigenvalue weighted by Crippen LogP contribution is -2.20. The monoisotopic (exact) mass is 605 g/mol. The number of aromatic nitrogens is 2. The van der Waals surface area contributed by atoms with Crippen molar-refractivity contribution in [3.63, 3.8) is 0 Å². The van der Waals surface area contributed by atoms with E-state index in [2.05, 4.69) is 24.8 Å². The number of pyridine rings is 2. The van der Waals surface area contributed by atoms with Crippen LogP contribution in [0.4, 0.5) is 32.0 Å². The van der Waals surface area contributed by atoms with Gasteiger partial charge in [0.2, 0.25) is 5.88 Å². The van der Waals surface area contributed by atoms with E-state index >= 15 is 0 Å². The molecule has 4 rings (SSSR count). The molecule has 2 heterocycles. The van der Waals surface area contributed by atoms with Gasteiger partial charge in [-0.25, -0.2) is 4.98 Å². The molecule has 0 radical (unpaired) electrons. The number of nitrogens with one attached hydrogen (secondary N) is 1. The van der Waals surface area contributed by atoms with Crippen molar-refractivity contribution in [3.8, 4) is 34.3 Å². The number of amides is 1. The van der Waals surface area contributed by atoms with E-state index in [4.69, 9.17) is 4.74 Å². The number of anilines is 1. The van der Waals surface area contributed by atoms with E-state index < -0.39 is 43.0 Å². The number of hydrogen-bond acceptors (Lipinski definition) is 6. The van der Waals surface area contributed by atoms with Gasteiger partial charge in [0.05, 0.1) is 0 Å². The number of nitrogens with zero attached hydrogens (tertiary/aromatic N) is 2. The van der Waals surface area contributed by atoms with Crippen LogP contribution in [-0.2, 0) is 6.42 Å². The van der Waals surface area contributed by atoms with Gasteiger partial charge in [0, 0.05) is 53.1 Å². The topological polar surface area (TPSA) is 82.6 Å². The number of aryl methyl sites for hydroxylation is 2. The van der Waals surface area contributed by atoms with Gasteiger partial charge in [-0.05, 0) is 60.9 Å². The first kappa shape index (κ1) is 31.1. The molecule has 0 spiro atoms. The molecule has 7 nitrogen and oxygen atoms in total. The molecule has 0 saturated heterocycles. The van der Waals surface area contributed by atoms with Crippen molar-refractivity contribution in [3.05, 3.63) is 89.9 Å². The van der Waals surface area contributed by atoms with Crippen molar-refractivity contribution >= 4 is 11.6 Å². The Hall–Kier alpha value is -4.81. The van der Waals surface area contributed by atoms with Gasteiger partial charge in [-0.15, -0.1) is 0 Å². The largest absolute Gasteiger partial charge is 0.484 e. The lowest BCUT2D eigenvalue weighted by Gasteiger charge is -2.15. The van der Waals surface area contributed by atoms with Crippen molar-refractivity contribution in [2.24, 2.45) is 0 Å². The predicted molar refractivity (Wildman–Crippen MR) is 146 cm³/mol. The van der Waals surface area contributed by atoms with Crippen LogP contribution < -0.4 is 19.5 Å². The Morgan fingerprint density at radius 2 is 1.51 bits per heavy atom. The van der Waals surface area contributed by atoms with E-state index in [-0.39, 0.29) is 17.1 Å². The molecule has 43 heavy (non-hydrogen) atoms. The summed E-state index contributed by atoms with van der Waals surface area (Å²) >= 11 is 0. The summed E-state index contributed by atoms with van der Waals surface area (Å²) in [4.78, 5) is 21.8. The van der Waals surface area contributed by atoms with Gasteiger partial charge in [-0.1, -0.05) is 13.0 Å². The summed E-state index contributed by atoms with van der Waals surface area (Å²) in [7, 11) is 0. The average molecular weight is 606 g/mol. The van der Waals surface area contributed by atoms with Crippen LogP contribution in [0.25, 0.3) is 11.1 Å². The standard InChI is InChI=1S/C30H25F6N3O4/c1-3-21-11-19(8-10-37-21)25-5-4-9-38-28(25)43-26-12-20(7-6-18(26)2)27(40)39-22-13-23(41-16-29(31,32)33)15-24(14-22)42-17-30(34,35)36/h4-15H,3,16-17H2,1-2H3,(H,39,40). The molecular weight excluding hydrogens is 580 g/mol. The van der Waals surface area contributed by atoms with E-state index in [1.165, 1.54) is 12.1 Å². The third-order valence-electron chi connectivity index (χ3n) is 5.86. The lowest BCUT2D eigenvalue weighted by molar-refractivity contribution is -0.153. The maximum Gasteiger partial charge on any atom is 0.422 e. The van der Waals surface area contributed by atoms with Gasteiger partial charge >= 0.3 is 12.4 Å². The highest BCUT2D eigenvalue weighted by atomic mass is 19.4. The summed E-state index contributed by atoms with van der Waals surface area (Å²) < 4.78 is 91.4. The van der Waals surface area contributed by atoms with Crippen LogP contribution in [0.15, 0.2) is 73.1 Å². The fourth-order valence-corrected chi connectivity index (χ4v) is 3.83. The molecule has 226 valence electrons. The third kappa shape index (κ3) is 9.09. The molecule has 2 aromatic carbocycles. The zero-order valence-corrected chi connectivity index (χ0v) is 22.8. The van der Waals surface area contributed by atoms with Gasteiger partial charge in [-0.3, -0.25) is 9.78 Å². The van der Waals surface area contributed by atoms with Crippen LogP contribution in [0, 0.1) is 6.92 Å². The molecule has 1 N–H and O–H groups in total. The number of alkyl halides is 6. The zero-order chi connectivity index (χ0) is 31.2. The minimum Gasteiger partial charge on any atom is -0.484 e. The molecule has 0 saturated carbocycles. The van der Waals surface area contributed by atoms with Crippen molar-refractivity contribution in [2.75, 3.05) is 18.5 Å². The molecule has 2 aromatic heterocycles. The van der Waals surface area contributed by atoms with Crippen LogP contribution in [-0.4, -0.2) is 41.4 Å². The van der Waals surface area contributed by atoms with E-state index in [0.717, 1.165) is 35.9 Å². The molecule has 0 bridgehead atoms. The van der Waals surface area contributed by atoms with Crippen molar-refractivity contribution in [1.82, 2.24) is 9.97 Å². The Bertz CT molecular complexity index is 1550. The van der Waals surface area contributed by atoms with Crippen LogP contribution >= 0.6 is 0 Å². The molecule has 0 aliphatic rings. The van der Waals surface area contributed by atoms with Crippen LogP contribution in [0.5, 0.6) is 23.1 Å². The quantitative estimate of drug-likeness (QED) is 0.185. The van der Waals surface area contributed by atoms with Crippen molar-refractivity contribution in [2.45, 2.75) is 32.6 Å². The molecule has 13 heteroatoms. The minimum absolute atomic E-state index is 0.0923. The molecule has 0 atom stereocenters. The maximum atomic E-state index is 13.1. The normalized spacial score (nSPS) is 11.6. The second-order valence-corrected chi connectivity index (χ2v) is 9.28. The third-order valence-corrected chi connectivity index (χ3v) is 5.86. The highest BCUT2D eigenvalue weighted by Crippen LogP contribution is 2.34. The number of benzene rings is 2. The Labute approximate surface area is 242 Å². The van der Waals surface area contributed by atoms with Crippen molar-refractivity contribution in [1.29, 1.82) is 0 Å². The fraction of sp³-hybridized carbons (Fsp3) is 0.233. The SMILES string of the molecule is CCc1cc(-c2cccnc2Oc2cc(C(=O)Nc3cc(OCC(F)(F)F)cc(OCC(F)(F)F)c3)ccc2C)ccn1. The van der Waals surface area contributed by atoms with E-state index in [1.807, 2.05) is 25.1 Å². The predicted octanol–water partition coefficient (Wildman–Crippen LogP) is 7.94. The molecule has 0 unspecified atom stereocenters.